The van der Waals surface area contributed by atoms with Crippen LogP contribution in [0.4, 0.5) is 0 Å². The third-order valence-electron chi connectivity index (χ3n) is 6.83. The maximum absolute atomic E-state index is 10.7. The van der Waals surface area contributed by atoms with Crippen LogP contribution in [0.15, 0.2) is 30.3 Å². The molecular formula is C24H40O5Si. The Morgan fingerprint density at radius 2 is 1.67 bits per heavy atom. The molecule has 2 saturated heterocycles. The van der Waals surface area contributed by atoms with E-state index in [2.05, 4.69) is 46.0 Å². The van der Waals surface area contributed by atoms with Crippen LogP contribution in [0.5, 0.6) is 0 Å². The van der Waals surface area contributed by atoms with Crippen LogP contribution in [0.1, 0.15) is 52.0 Å². The van der Waals surface area contributed by atoms with Gasteiger partial charge >= 0.3 is 0 Å². The Bertz CT molecular complexity index is 645. The summed E-state index contributed by atoms with van der Waals surface area (Å²) in [6.07, 6.45) is 1.95. The fourth-order valence-corrected chi connectivity index (χ4v) is 5.37. The second-order valence-electron chi connectivity index (χ2n) is 10.2. The van der Waals surface area contributed by atoms with E-state index >= 15 is 0 Å². The largest absolute Gasteiger partial charge is 0.411 e. The summed E-state index contributed by atoms with van der Waals surface area (Å²) in [5, 5.41) is 10.8. The van der Waals surface area contributed by atoms with Crippen molar-refractivity contribution in [1.29, 1.82) is 0 Å². The predicted octanol–water partition coefficient (Wildman–Crippen LogP) is 4.68. The number of hydrogen-bond donors (Lipinski definition) is 1. The smallest absolute Gasteiger partial charge is 0.192 e. The minimum Gasteiger partial charge on any atom is -0.411 e. The Morgan fingerprint density at radius 3 is 2.30 bits per heavy atom. The first-order valence-corrected chi connectivity index (χ1v) is 14.3. The van der Waals surface area contributed by atoms with Crippen LogP contribution in [-0.4, -0.2) is 57.2 Å². The molecular weight excluding hydrogens is 396 g/mol. The van der Waals surface area contributed by atoms with Gasteiger partial charge in [0.2, 0.25) is 0 Å². The number of hydrogen-bond acceptors (Lipinski definition) is 5. The van der Waals surface area contributed by atoms with Gasteiger partial charge in [-0.2, -0.15) is 0 Å². The molecule has 1 N–H and O–H groups in total. The second kappa shape index (κ2) is 10.2. The molecule has 0 bridgehead atoms. The van der Waals surface area contributed by atoms with Gasteiger partial charge in [-0.3, -0.25) is 0 Å². The maximum atomic E-state index is 10.7. The molecule has 0 radical (unpaired) electrons. The summed E-state index contributed by atoms with van der Waals surface area (Å²) in [7, 11) is -1.97. The summed E-state index contributed by atoms with van der Waals surface area (Å²) in [6, 6.07) is 10.1. The monoisotopic (exact) mass is 436 g/mol. The van der Waals surface area contributed by atoms with E-state index in [0.29, 0.717) is 19.8 Å². The second-order valence-corrected chi connectivity index (χ2v) is 15.0. The zero-order chi connectivity index (χ0) is 21.8. The first kappa shape index (κ1) is 23.9. The van der Waals surface area contributed by atoms with E-state index < -0.39 is 20.5 Å². The Hall–Kier alpha value is -0.763. The van der Waals surface area contributed by atoms with Crippen LogP contribution in [0.25, 0.3) is 0 Å². The average Bonchev–Trinajstić information content (AvgIpc) is 2.70. The van der Waals surface area contributed by atoms with E-state index in [4.69, 9.17) is 18.6 Å². The van der Waals surface area contributed by atoms with Crippen LogP contribution in [0.2, 0.25) is 18.1 Å². The van der Waals surface area contributed by atoms with Gasteiger partial charge in [-0.15, -0.1) is 0 Å². The van der Waals surface area contributed by atoms with Gasteiger partial charge in [-0.1, -0.05) is 51.1 Å². The third kappa shape index (κ3) is 5.93. The number of benzene rings is 1. The van der Waals surface area contributed by atoms with Crippen molar-refractivity contribution >= 4 is 8.32 Å². The van der Waals surface area contributed by atoms with Gasteiger partial charge < -0.3 is 23.7 Å². The number of aliphatic hydroxyl groups excluding tert-OH is 1. The lowest BCUT2D eigenvalue weighted by Crippen LogP contribution is -2.58. The van der Waals surface area contributed by atoms with Crippen molar-refractivity contribution in [1.82, 2.24) is 0 Å². The van der Waals surface area contributed by atoms with E-state index in [9.17, 15) is 5.11 Å². The van der Waals surface area contributed by atoms with Gasteiger partial charge in [0.1, 0.15) is 18.3 Å². The van der Waals surface area contributed by atoms with E-state index in [-0.39, 0.29) is 23.4 Å². The molecule has 170 valence electrons. The molecule has 0 spiro atoms. The molecule has 0 amide bonds. The van der Waals surface area contributed by atoms with E-state index in [1.807, 2.05) is 18.2 Å². The summed E-state index contributed by atoms with van der Waals surface area (Å²) >= 11 is 0. The van der Waals surface area contributed by atoms with E-state index in [1.165, 1.54) is 0 Å². The Kier molecular flexibility index (Phi) is 8.15. The highest BCUT2D eigenvalue weighted by atomic mass is 28.4. The summed E-state index contributed by atoms with van der Waals surface area (Å²) in [6.45, 7) is 13.1. The molecule has 0 aromatic heterocycles. The number of rotatable bonds is 7. The van der Waals surface area contributed by atoms with Crippen LogP contribution < -0.4 is 0 Å². The topological polar surface area (TPSA) is 57.2 Å². The minimum atomic E-state index is -1.97. The summed E-state index contributed by atoms with van der Waals surface area (Å²) in [4.78, 5) is 0. The summed E-state index contributed by atoms with van der Waals surface area (Å²) in [5.41, 5.74) is 1.10. The van der Waals surface area contributed by atoms with E-state index in [0.717, 1.165) is 31.2 Å². The van der Waals surface area contributed by atoms with Crippen LogP contribution in [0, 0.1) is 0 Å². The number of ether oxygens (including phenoxy) is 3. The summed E-state index contributed by atoms with van der Waals surface area (Å²) in [5.74, 6) is 0. The Morgan fingerprint density at radius 1 is 1.03 bits per heavy atom. The quantitative estimate of drug-likeness (QED) is 0.629. The lowest BCUT2D eigenvalue weighted by atomic mass is 9.92. The predicted molar refractivity (Wildman–Crippen MR) is 121 cm³/mol. The Labute approximate surface area is 183 Å². The molecule has 6 heteroatoms. The molecule has 5 atom stereocenters. The first-order chi connectivity index (χ1) is 14.2. The Balaban J connectivity index is 1.81. The molecule has 2 heterocycles. The molecule has 5 nitrogen and oxygen atoms in total. The van der Waals surface area contributed by atoms with Crippen molar-refractivity contribution in [3.8, 4) is 0 Å². The molecule has 1 aromatic carbocycles. The summed E-state index contributed by atoms with van der Waals surface area (Å²) < 4.78 is 25.6. The standard InChI is InChI=1S/C24H40O5Si/c1-24(2,3)30(4,5)29-20-14-10-16-27-22(20)23(21-19(25)13-9-15-26-21)28-17-18-11-7-6-8-12-18/h6-8,11-12,19-23,25H,9-10,13-17H2,1-5H3/t19-,20+,21-,22+,23-/m1/s1. The van der Waals surface area contributed by atoms with Gasteiger partial charge in [-0.25, -0.2) is 0 Å². The normalized spacial score (nSPS) is 29.5. The van der Waals surface area contributed by atoms with Crippen molar-refractivity contribution in [2.45, 2.75) is 102 Å². The van der Waals surface area contributed by atoms with Gasteiger partial charge in [0.05, 0.1) is 18.8 Å². The fraction of sp³-hybridized carbons (Fsp3) is 0.750. The van der Waals surface area contributed by atoms with Crippen LogP contribution in [-0.2, 0) is 25.2 Å². The molecule has 0 unspecified atom stereocenters. The SMILES string of the molecule is CC(C)(C)[Si](C)(C)O[C@H]1CCCO[C@@H]1[C@H](OCc1ccccc1)[C@@H]1OCCC[C@H]1O. The molecule has 30 heavy (non-hydrogen) atoms. The highest BCUT2D eigenvalue weighted by molar-refractivity contribution is 6.74. The van der Waals surface area contributed by atoms with E-state index in [1.54, 1.807) is 0 Å². The molecule has 2 aliphatic heterocycles. The van der Waals surface area contributed by atoms with Crippen molar-refractivity contribution < 1.29 is 23.7 Å². The molecule has 0 aliphatic carbocycles. The molecule has 2 aliphatic rings. The zero-order valence-electron chi connectivity index (χ0n) is 19.3. The fourth-order valence-electron chi connectivity index (χ4n) is 4.01. The lowest BCUT2D eigenvalue weighted by Gasteiger charge is -2.46. The molecule has 3 rings (SSSR count). The minimum absolute atomic E-state index is 0.0434. The lowest BCUT2D eigenvalue weighted by molar-refractivity contribution is -0.212. The van der Waals surface area contributed by atoms with Crippen LogP contribution >= 0.6 is 0 Å². The first-order valence-electron chi connectivity index (χ1n) is 11.4. The van der Waals surface area contributed by atoms with Crippen molar-refractivity contribution in [2.24, 2.45) is 0 Å². The average molecular weight is 437 g/mol. The highest BCUT2D eigenvalue weighted by Gasteiger charge is 2.47. The highest BCUT2D eigenvalue weighted by Crippen LogP contribution is 2.40. The zero-order valence-corrected chi connectivity index (χ0v) is 20.3. The maximum Gasteiger partial charge on any atom is 0.192 e. The van der Waals surface area contributed by atoms with Crippen molar-refractivity contribution in [3.05, 3.63) is 35.9 Å². The third-order valence-corrected chi connectivity index (χ3v) is 11.3. The van der Waals surface area contributed by atoms with Crippen molar-refractivity contribution in [3.63, 3.8) is 0 Å². The van der Waals surface area contributed by atoms with Crippen LogP contribution in [0.3, 0.4) is 0 Å². The number of aliphatic hydroxyl groups is 1. The van der Waals surface area contributed by atoms with Gasteiger partial charge in [0, 0.05) is 13.2 Å². The van der Waals surface area contributed by atoms with Gasteiger partial charge in [-0.05, 0) is 49.4 Å². The van der Waals surface area contributed by atoms with Gasteiger partial charge in [0.25, 0.3) is 0 Å². The molecule has 2 fully saturated rings. The molecule has 0 saturated carbocycles. The van der Waals surface area contributed by atoms with Crippen molar-refractivity contribution in [2.75, 3.05) is 13.2 Å². The van der Waals surface area contributed by atoms with Gasteiger partial charge in [0.15, 0.2) is 8.32 Å². The molecule has 1 aromatic rings.